The highest BCUT2D eigenvalue weighted by Crippen LogP contribution is 2.28. The number of nitrogens with one attached hydrogen (secondary N) is 1. The molecule has 0 saturated heterocycles. The summed E-state index contributed by atoms with van der Waals surface area (Å²) in [5, 5.41) is 22.3. The van der Waals surface area contributed by atoms with E-state index in [-0.39, 0.29) is 11.0 Å². The van der Waals surface area contributed by atoms with Crippen LogP contribution in [0.1, 0.15) is 68.6 Å². The van der Waals surface area contributed by atoms with E-state index < -0.39 is 30.4 Å². The zero-order valence-corrected chi connectivity index (χ0v) is 17.6. The van der Waals surface area contributed by atoms with E-state index in [0.717, 1.165) is 0 Å². The quantitative estimate of drug-likeness (QED) is 0.551. The highest BCUT2D eigenvalue weighted by Gasteiger charge is 2.30. The third kappa shape index (κ3) is 5.97. The topological polar surface area (TPSA) is 105 Å². The van der Waals surface area contributed by atoms with Crippen LogP contribution in [0.15, 0.2) is 0 Å². The second-order valence-corrected chi connectivity index (χ2v) is 8.54. The van der Waals surface area contributed by atoms with Gasteiger partial charge in [0.05, 0.1) is 11.3 Å². The van der Waals surface area contributed by atoms with Gasteiger partial charge in [-0.25, -0.2) is 9.59 Å². The molecule has 0 aliphatic heterocycles. The van der Waals surface area contributed by atoms with Gasteiger partial charge in [0.2, 0.25) is 0 Å². The van der Waals surface area contributed by atoms with Gasteiger partial charge in [-0.15, -0.1) is 0 Å². The van der Waals surface area contributed by atoms with Gasteiger partial charge in [-0.1, -0.05) is 0 Å². The Bertz CT molecular complexity index is 744. The van der Waals surface area contributed by atoms with E-state index in [0.29, 0.717) is 22.4 Å². The lowest BCUT2D eigenvalue weighted by Gasteiger charge is -2.26. The Labute approximate surface area is 161 Å². The minimum atomic E-state index is -1.81. The summed E-state index contributed by atoms with van der Waals surface area (Å²) in [7, 11) is -1.81. The molecule has 0 saturated carbocycles. The molecule has 0 heterocycles. The van der Waals surface area contributed by atoms with E-state index >= 15 is 0 Å². The Morgan fingerprint density at radius 2 is 1.33 bits per heavy atom. The molecule has 0 aliphatic carbocycles. The Morgan fingerprint density at radius 1 is 0.852 bits per heavy atom. The molecule has 0 unspecified atom stereocenters. The fourth-order valence-electron chi connectivity index (χ4n) is 2.85. The van der Waals surface area contributed by atoms with Crippen LogP contribution < -0.4 is 10.8 Å². The zero-order valence-electron chi connectivity index (χ0n) is 17.6. The minimum Gasteiger partial charge on any atom is -0.456 e. The van der Waals surface area contributed by atoms with Crippen LogP contribution in [0.3, 0.4) is 0 Å². The fourth-order valence-corrected chi connectivity index (χ4v) is 2.85. The molecule has 1 amide bonds. The first-order valence-corrected chi connectivity index (χ1v) is 8.78. The summed E-state index contributed by atoms with van der Waals surface area (Å²) in [6, 6.07) is 0. The van der Waals surface area contributed by atoms with E-state index in [9.17, 15) is 19.6 Å². The average Bonchev–Trinajstić information content (AvgIpc) is 2.38. The van der Waals surface area contributed by atoms with Crippen molar-refractivity contribution in [2.24, 2.45) is 0 Å². The predicted molar refractivity (Wildman–Crippen MR) is 106 cm³/mol. The number of ether oxygens (including phenoxy) is 2. The Morgan fingerprint density at radius 3 is 1.74 bits per heavy atom. The number of esters is 1. The maximum absolute atomic E-state index is 12.7. The second-order valence-electron chi connectivity index (χ2n) is 8.54. The number of anilines is 1. The number of hydrogen-bond acceptors (Lipinski definition) is 6. The highest BCUT2D eigenvalue weighted by atomic mass is 16.6. The fraction of sp³-hybridized carbons (Fsp3) is 0.579. The van der Waals surface area contributed by atoms with Crippen LogP contribution in [0.25, 0.3) is 0 Å². The molecule has 8 heteroatoms. The number of benzene rings is 1. The standard InChI is InChI=1S/C19H30BNO6/c1-10-13(16(22)26-18(4,5)6)11(2)15(12(3)14(10)20(24)25)21-17(23)27-19(7,8)9/h24-25H,1-9H3,(H,21,23). The van der Waals surface area contributed by atoms with Crippen LogP contribution in [0, 0.1) is 20.8 Å². The molecule has 0 radical (unpaired) electrons. The smallest absolute Gasteiger partial charge is 0.456 e. The van der Waals surface area contributed by atoms with Crippen molar-refractivity contribution in [1.29, 1.82) is 0 Å². The molecule has 1 aromatic carbocycles. The number of amides is 1. The van der Waals surface area contributed by atoms with E-state index in [1.165, 1.54) is 0 Å². The van der Waals surface area contributed by atoms with E-state index in [2.05, 4.69) is 5.32 Å². The summed E-state index contributed by atoms with van der Waals surface area (Å²) >= 11 is 0. The van der Waals surface area contributed by atoms with Crippen LogP contribution in [0.4, 0.5) is 10.5 Å². The lowest BCUT2D eigenvalue weighted by Crippen LogP contribution is -2.38. The van der Waals surface area contributed by atoms with Gasteiger partial charge in [0.15, 0.2) is 0 Å². The summed E-state index contributed by atoms with van der Waals surface area (Å²) in [4.78, 5) is 25.0. The lowest BCUT2D eigenvalue weighted by molar-refractivity contribution is 0.00677. The molecule has 150 valence electrons. The molecule has 27 heavy (non-hydrogen) atoms. The van der Waals surface area contributed by atoms with Gasteiger partial charge in [0.25, 0.3) is 0 Å². The molecule has 0 spiro atoms. The first-order chi connectivity index (χ1) is 12.0. The summed E-state index contributed by atoms with van der Waals surface area (Å²) < 4.78 is 10.7. The molecule has 1 aromatic rings. The maximum atomic E-state index is 12.7. The Hall–Kier alpha value is -2.06. The van der Waals surface area contributed by atoms with Crippen molar-refractivity contribution in [1.82, 2.24) is 0 Å². The van der Waals surface area contributed by atoms with Crippen LogP contribution in [-0.2, 0) is 9.47 Å². The summed E-state index contributed by atoms with van der Waals surface area (Å²) in [5.41, 5.74) is 0.495. The lowest BCUT2D eigenvalue weighted by atomic mass is 9.71. The molecule has 0 aliphatic rings. The van der Waals surface area contributed by atoms with Crippen molar-refractivity contribution >= 4 is 30.3 Å². The van der Waals surface area contributed by atoms with Crippen molar-refractivity contribution in [3.8, 4) is 0 Å². The van der Waals surface area contributed by atoms with Crippen LogP contribution >= 0.6 is 0 Å². The van der Waals surface area contributed by atoms with Crippen molar-refractivity contribution < 1.29 is 29.1 Å². The number of carbonyl (C=O) groups excluding carboxylic acids is 2. The third-order valence-electron chi connectivity index (χ3n) is 3.80. The summed E-state index contributed by atoms with van der Waals surface area (Å²) in [6.07, 6.45) is -0.703. The highest BCUT2D eigenvalue weighted by molar-refractivity contribution is 6.60. The molecule has 0 aromatic heterocycles. The monoisotopic (exact) mass is 379 g/mol. The second kappa shape index (κ2) is 7.90. The first-order valence-electron chi connectivity index (χ1n) is 8.78. The minimum absolute atomic E-state index is 0.146. The number of hydrogen-bond donors (Lipinski definition) is 3. The molecular weight excluding hydrogens is 349 g/mol. The van der Waals surface area contributed by atoms with Crippen molar-refractivity contribution in [3.63, 3.8) is 0 Å². The van der Waals surface area contributed by atoms with Crippen LogP contribution in [-0.4, -0.2) is 40.4 Å². The average molecular weight is 379 g/mol. The molecule has 1 rings (SSSR count). The number of rotatable bonds is 3. The zero-order chi connectivity index (χ0) is 21.3. The summed E-state index contributed by atoms with van der Waals surface area (Å²) in [6.45, 7) is 15.3. The predicted octanol–water partition coefficient (Wildman–Crippen LogP) is 2.59. The van der Waals surface area contributed by atoms with Crippen LogP contribution in [0.2, 0.25) is 0 Å². The van der Waals surface area contributed by atoms with E-state index in [1.54, 1.807) is 62.3 Å². The molecule has 0 atom stereocenters. The molecule has 0 bridgehead atoms. The van der Waals surface area contributed by atoms with Gasteiger partial charge < -0.3 is 19.5 Å². The van der Waals surface area contributed by atoms with Crippen molar-refractivity contribution in [3.05, 3.63) is 22.3 Å². The molecule has 0 fully saturated rings. The Balaban J connectivity index is 3.55. The molecular formula is C19H30BNO6. The van der Waals surface area contributed by atoms with Gasteiger partial charge in [-0.2, -0.15) is 0 Å². The normalized spacial score (nSPS) is 11.8. The van der Waals surface area contributed by atoms with Gasteiger partial charge in [0.1, 0.15) is 11.2 Å². The largest absolute Gasteiger partial charge is 0.489 e. The van der Waals surface area contributed by atoms with Crippen LogP contribution in [0.5, 0.6) is 0 Å². The SMILES string of the molecule is Cc1c(NC(=O)OC(C)(C)C)c(C)c(C(=O)OC(C)(C)C)c(C)c1B(O)O. The van der Waals surface area contributed by atoms with E-state index in [4.69, 9.17) is 9.47 Å². The molecule has 7 nitrogen and oxygen atoms in total. The summed E-state index contributed by atoms with van der Waals surface area (Å²) in [5.74, 6) is -0.605. The number of carbonyl (C=O) groups is 2. The van der Waals surface area contributed by atoms with Gasteiger partial charge in [-0.3, -0.25) is 5.32 Å². The third-order valence-corrected chi connectivity index (χ3v) is 3.80. The first kappa shape index (κ1) is 23.0. The van der Waals surface area contributed by atoms with Gasteiger partial charge in [-0.05, 0) is 84.5 Å². The Kier molecular flexibility index (Phi) is 6.73. The van der Waals surface area contributed by atoms with Crippen molar-refractivity contribution in [2.75, 3.05) is 5.32 Å². The maximum Gasteiger partial charge on any atom is 0.489 e. The van der Waals surface area contributed by atoms with Gasteiger partial charge in [0, 0.05) is 0 Å². The van der Waals surface area contributed by atoms with Gasteiger partial charge >= 0.3 is 19.2 Å². The van der Waals surface area contributed by atoms with E-state index in [1.807, 2.05) is 0 Å². The van der Waals surface area contributed by atoms with Crippen molar-refractivity contribution in [2.45, 2.75) is 73.5 Å². The molecule has 3 N–H and O–H groups in total.